The second-order valence-electron chi connectivity index (χ2n) is 2.47. The molecule has 0 aliphatic carbocycles. The molecule has 6 nitrogen and oxygen atoms in total. The number of rotatable bonds is 6. The molecule has 0 saturated carbocycles. The number of aliphatic carboxylic acids is 1. The molecule has 4 N–H and O–H groups in total. The monoisotopic (exact) mass is 190 g/mol. The molecule has 0 radical (unpaired) electrons. The molecule has 1 atom stereocenters. The maximum atomic E-state index is 10.9. The Morgan fingerprint density at radius 3 is 2.69 bits per heavy atom. The fraction of sp³-hybridized carbons (Fsp3) is 0.714. The van der Waals surface area contributed by atoms with Gasteiger partial charge in [0.05, 0.1) is 6.61 Å². The van der Waals surface area contributed by atoms with E-state index in [2.05, 4.69) is 5.32 Å². The predicted octanol–water partition coefficient (Wildman–Crippen LogP) is -1.45. The van der Waals surface area contributed by atoms with Crippen LogP contribution in [0, 0.1) is 0 Å². The van der Waals surface area contributed by atoms with Crippen molar-refractivity contribution in [1.82, 2.24) is 5.32 Å². The second-order valence-corrected chi connectivity index (χ2v) is 2.47. The third kappa shape index (κ3) is 6.06. The summed E-state index contributed by atoms with van der Waals surface area (Å²) in [5.74, 6) is -1.53. The van der Waals surface area contributed by atoms with Crippen LogP contribution in [-0.4, -0.2) is 42.8 Å². The lowest BCUT2D eigenvalue weighted by molar-refractivity contribution is -0.142. The van der Waals surface area contributed by atoms with E-state index in [9.17, 15) is 9.59 Å². The van der Waals surface area contributed by atoms with Gasteiger partial charge < -0.3 is 20.9 Å². The number of amides is 1. The van der Waals surface area contributed by atoms with Gasteiger partial charge in [0, 0.05) is 6.54 Å². The Morgan fingerprint density at radius 1 is 1.62 bits per heavy atom. The maximum absolute atomic E-state index is 10.9. The van der Waals surface area contributed by atoms with Gasteiger partial charge in [-0.15, -0.1) is 0 Å². The zero-order chi connectivity index (χ0) is 10.3. The molecule has 13 heavy (non-hydrogen) atoms. The van der Waals surface area contributed by atoms with Gasteiger partial charge in [0.25, 0.3) is 0 Å². The summed E-state index contributed by atoms with van der Waals surface area (Å²) in [7, 11) is 0. The molecule has 0 aromatic carbocycles. The fourth-order valence-electron chi connectivity index (χ4n) is 0.593. The second kappa shape index (κ2) is 6.38. The van der Waals surface area contributed by atoms with Gasteiger partial charge in [-0.05, 0) is 6.92 Å². The van der Waals surface area contributed by atoms with Gasteiger partial charge in [-0.25, -0.2) is 0 Å². The van der Waals surface area contributed by atoms with Crippen molar-refractivity contribution in [3.05, 3.63) is 0 Å². The van der Waals surface area contributed by atoms with E-state index in [0.717, 1.165) is 0 Å². The number of carbonyl (C=O) groups excluding carboxylic acids is 1. The van der Waals surface area contributed by atoms with E-state index < -0.39 is 17.9 Å². The van der Waals surface area contributed by atoms with Crippen molar-refractivity contribution < 1.29 is 19.4 Å². The van der Waals surface area contributed by atoms with Crippen LogP contribution in [0.25, 0.3) is 0 Å². The highest BCUT2D eigenvalue weighted by molar-refractivity contribution is 5.83. The number of carbonyl (C=O) groups is 2. The third-order valence-electron chi connectivity index (χ3n) is 1.24. The molecular weight excluding hydrogens is 176 g/mol. The van der Waals surface area contributed by atoms with Crippen molar-refractivity contribution in [2.75, 3.05) is 19.8 Å². The summed E-state index contributed by atoms with van der Waals surface area (Å²) in [5.41, 5.74) is 5.11. The minimum Gasteiger partial charge on any atom is -0.480 e. The molecule has 0 saturated heterocycles. The molecule has 76 valence electrons. The highest BCUT2D eigenvalue weighted by Gasteiger charge is 2.13. The van der Waals surface area contributed by atoms with Crippen LogP contribution < -0.4 is 11.1 Å². The topological polar surface area (TPSA) is 102 Å². The Balaban J connectivity index is 3.56. The van der Waals surface area contributed by atoms with Gasteiger partial charge >= 0.3 is 5.97 Å². The fourth-order valence-corrected chi connectivity index (χ4v) is 0.593. The molecule has 0 unspecified atom stereocenters. The molecular formula is C7H14N2O4. The summed E-state index contributed by atoms with van der Waals surface area (Å²) in [6, 6.07) is -0.894. The Hall–Kier alpha value is -1.14. The molecule has 0 fully saturated rings. The summed E-state index contributed by atoms with van der Waals surface area (Å²) >= 11 is 0. The first-order valence-electron chi connectivity index (χ1n) is 3.88. The van der Waals surface area contributed by atoms with Crippen LogP contribution >= 0.6 is 0 Å². The standard InChI is InChI=1S/C7H14N2O4/c1-5(7(11)12)9-6(10)4-13-3-2-8/h5H,2-4,8H2,1H3,(H,9,10)(H,11,12)/t5-/m0/s1. The van der Waals surface area contributed by atoms with Crippen molar-refractivity contribution in [3.8, 4) is 0 Å². The smallest absolute Gasteiger partial charge is 0.325 e. The predicted molar refractivity (Wildman–Crippen MR) is 45.1 cm³/mol. The summed E-state index contributed by atoms with van der Waals surface area (Å²) in [4.78, 5) is 21.2. The van der Waals surface area contributed by atoms with E-state index in [1.807, 2.05) is 0 Å². The maximum Gasteiger partial charge on any atom is 0.325 e. The van der Waals surface area contributed by atoms with E-state index in [1.54, 1.807) is 0 Å². The zero-order valence-corrected chi connectivity index (χ0v) is 7.45. The lowest BCUT2D eigenvalue weighted by Crippen LogP contribution is -2.40. The summed E-state index contributed by atoms with van der Waals surface area (Å²) < 4.78 is 4.80. The number of nitrogens with one attached hydrogen (secondary N) is 1. The van der Waals surface area contributed by atoms with Crippen LogP contribution in [0.3, 0.4) is 0 Å². The number of hydrogen-bond acceptors (Lipinski definition) is 4. The van der Waals surface area contributed by atoms with E-state index >= 15 is 0 Å². The normalized spacial score (nSPS) is 12.2. The van der Waals surface area contributed by atoms with Gasteiger partial charge in [-0.3, -0.25) is 9.59 Å². The van der Waals surface area contributed by atoms with Gasteiger partial charge in [-0.1, -0.05) is 0 Å². The van der Waals surface area contributed by atoms with E-state index in [0.29, 0.717) is 6.54 Å². The first-order valence-corrected chi connectivity index (χ1v) is 3.88. The van der Waals surface area contributed by atoms with Crippen molar-refractivity contribution in [2.45, 2.75) is 13.0 Å². The van der Waals surface area contributed by atoms with Gasteiger partial charge in [0.2, 0.25) is 5.91 Å². The average Bonchev–Trinajstić information content (AvgIpc) is 2.04. The lowest BCUT2D eigenvalue weighted by Gasteiger charge is -2.08. The number of carboxylic acid groups (broad SMARTS) is 1. The number of hydrogen-bond donors (Lipinski definition) is 3. The Bertz CT molecular complexity index is 183. The molecule has 0 spiro atoms. The van der Waals surface area contributed by atoms with Crippen LogP contribution in [0.4, 0.5) is 0 Å². The van der Waals surface area contributed by atoms with Crippen LogP contribution in [0.5, 0.6) is 0 Å². The van der Waals surface area contributed by atoms with Gasteiger partial charge in [0.15, 0.2) is 0 Å². The van der Waals surface area contributed by atoms with E-state index in [1.165, 1.54) is 6.92 Å². The van der Waals surface area contributed by atoms with E-state index in [4.69, 9.17) is 15.6 Å². The minimum atomic E-state index is -1.08. The first kappa shape index (κ1) is 11.9. The molecule has 1 amide bonds. The Morgan fingerprint density at radius 2 is 2.23 bits per heavy atom. The first-order chi connectivity index (χ1) is 6.07. The van der Waals surface area contributed by atoms with Crippen LogP contribution in [0.1, 0.15) is 6.92 Å². The van der Waals surface area contributed by atoms with Gasteiger partial charge in [-0.2, -0.15) is 0 Å². The van der Waals surface area contributed by atoms with Crippen molar-refractivity contribution in [2.24, 2.45) is 5.73 Å². The third-order valence-corrected chi connectivity index (χ3v) is 1.24. The molecule has 0 heterocycles. The Kier molecular flexibility index (Phi) is 5.82. The summed E-state index contributed by atoms with van der Waals surface area (Å²) in [6.07, 6.45) is 0. The number of nitrogens with two attached hydrogens (primary N) is 1. The van der Waals surface area contributed by atoms with Crippen molar-refractivity contribution in [1.29, 1.82) is 0 Å². The van der Waals surface area contributed by atoms with Crippen LogP contribution in [0.2, 0.25) is 0 Å². The highest BCUT2D eigenvalue weighted by atomic mass is 16.5. The minimum absolute atomic E-state index is 0.158. The van der Waals surface area contributed by atoms with E-state index in [-0.39, 0.29) is 13.2 Å². The summed E-state index contributed by atoms with van der Waals surface area (Å²) in [5, 5.41) is 10.7. The number of carboxylic acids is 1. The summed E-state index contributed by atoms with van der Waals surface area (Å²) in [6.45, 7) is 1.84. The van der Waals surface area contributed by atoms with Crippen molar-refractivity contribution in [3.63, 3.8) is 0 Å². The largest absolute Gasteiger partial charge is 0.480 e. The Labute approximate surface area is 76.0 Å². The SMILES string of the molecule is C[C@H](NC(=O)COCCN)C(=O)O. The molecule has 0 bridgehead atoms. The van der Waals surface area contributed by atoms with Crippen LogP contribution in [0.15, 0.2) is 0 Å². The highest BCUT2D eigenvalue weighted by Crippen LogP contribution is 1.82. The lowest BCUT2D eigenvalue weighted by atomic mass is 10.3. The average molecular weight is 190 g/mol. The molecule has 0 aliphatic heterocycles. The molecule has 0 aromatic heterocycles. The quantitative estimate of drug-likeness (QED) is 0.445. The van der Waals surface area contributed by atoms with Gasteiger partial charge in [0.1, 0.15) is 12.6 Å². The molecule has 0 rings (SSSR count). The zero-order valence-electron chi connectivity index (χ0n) is 7.45. The molecule has 0 aromatic rings. The van der Waals surface area contributed by atoms with Crippen molar-refractivity contribution >= 4 is 11.9 Å². The molecule has 0 aliphatic rings. The molecule has 6 heteroatoms. The van der Waals surface area contributed by atoms with Crippen LogP contribution in [-0.2, 0) is 14.3 Å². The number of ether oxygens (including phenoxy) is 1.